The van der Waals surface area contributed by atoms with Gasteiger partial charge in [0.15, 0.2) is 0 Å². The number of hydrogen-bond acceptors (Lipinski definition) is 2. The maximum atomic E-state index is 13.1. The highest BCUT2D eigenvalue weighted by molar-refractivity contribution is 5.54. The lowest BCUT2D eigenvalue weighted by Crippen LogP contribution is -2.33. The van der Waals surface area contributed by atoms with Crippen LogP contribution in [-0.2, 0) is 11.6 Å². The van der Waals surface area contributed by atoms with Gasteiger partial charge in [0.1, 0.15) is 0 Å². The Labute approximate surface area is 111 Å². The van der Waals surface area contributed by atoms with E-state index < -0.39 is 17.2 Å². The van der Waals surface area contributed by atoms with Crippen LogP contribution in [0.1, 0.15) is 30.9 Å². The molecule has 106 valence electrons. The van der Waals surface area contributed by atoms with E-state index in [9.17, 15) is 13.2 Å². The summed E-state index contributed by atoms with van der Waals surface area (Å²) in [6.45, 7) is 1.79. The zero-order valence-electron chi connectivity index (χ0n) is 11.4. The van der Waals surface area contributed by atoms with Gasteiger partial charge in [-0.2, -0.15) is 13.2 Å². The van der Waals surface area contributed by atoms with Gasteiger partial charge in [-0.15, -0.1) is 0 Å². The van der Waals surface area contributed by atoms with Gasteiger partial charge in [-0.05, 0) is 43.5 Å². The van der Waals surface area contributed by atoms with Crippen LogP contribution in [0.4, 0.5) is 18.9 Å². The summed E-state index contributed by atoms with van der Waals surface area (Å²) in [5.74, 6) is 0. The summed E-state index contributed by atoms with van der Waals surface area (Å²) < 4.78 is 39.4. The summed E-state index contributed by atoms with van der Waals surface area (Å²) in [5.41, 5.74) is 5.99. The summed E-state index contributed by atoms with van der Waals surface area (Å²) in [6, 6.07) is 4.04. The molecular formula is C14H19F3N2. The molecule has 1 aliphatic rings. The van der Waals surface area contributed by atoms with Gasteiger partial charge in [-0.25, -0.2) is 0 Å². The fraction of sp³-hybridized carbons (Fsp3) is 0.571. The molecule has 0 spiro atoms. The molecule has 1 aromatic carbocycles. The molecule has 2 N–H and O–H groups in total. The Bertz CT molecular complexity index is 474. The average molecular weight is 272 g/mol. The summed E-state index contributed by atoms with van der Waals surface area (Å²) in [7, 11) is 3.63. The number of alkyl halides is 3. The first-order valence-electron chi connectivity index (χ1n) is 6.33. The van der Waals surface area contributed by atoms with Crippen molar-refractivity contribution in [3.63, 3.8) is 0 Å². The van der Waals surface area contributed by atoms with Crippen molar-refractivity contribution in [2.24, 2.45) is 5.73 Å². The van der Waals surface area contributed by atoms with Crippen LogP contribution in [-0.4, -0.2) is 20.1 Å². The van der Waals surface area contributed by atoms with Gasteiger partial charge in [-0.1, -0.05) is 0 Å². The lowest BCUT2D eigenvalue weighted by atomic mass is 9.85. The number of anilines is 1. The molecule has 5 heteroatoms. The first-order chi connectivity index (χ1) is 8.68. The lowest BCUT2D eigenvalue weighted by Gasteiger charge is -2.26. The zero-order chi connectivity index (χ0) is 14.4. The van der Waals surface area contributed by atoms with Crippen LogP contribution in [0.5, 0.6) is 0 Å². The normalized spacial score (nSPS) is 19.1. The quantitative estimate of drug-likeness (QED) is 0.916. The molecular weight excluding hydrogens is 253 g/mol. The molecule has 1 aliphatic carbocycles. The maximum absolute atomic E-state index is 13.1. The molecule has 19 heavy (non-hydrogen) atoms. The van der Waals surface area contributed by atoms with Crippen LogP contribution in [0.25, 0.3) is 0 Å². The van der Waals surface area contributed by atoms with E-state index in [1.165, 1.54) is 12.1 Å². The number of hydrogen-bond donors (Lipinski definition) is 1. The zero-order valence-corrected chi connectivity index (χ0v) is 11.4. The predicted octanol–water partition coefficient (Wildman–Crippen LogP) is 3.15. The summed E-state index contributed by atoms with van der Waals surface area (Å²) in [4.78, 5) is 1.81. The first-order valence-corrected chi connectivity index (χ1v) is 6.33. The van der Waals surface area contributed by atoms with Crippen molar-refractivity contribution in [3.05, 3.63) is 29.3 Å². The monoisotopic (exact) mass is 272 g/mol. The molecule has 1 aromatic rings. The van der Waals surface area contributed by atoms with Crippen molar-refractivity contribution in [1.82, 2.24) is 0 Å². The summed E-state index contributed by atoms with van der Waals surface area (Å²) in [5, 5.41) is 0. The second-order valence-electron chi connectivity index (χ2n) is 5.57. The molecule has 1 atom stereocenters. The van der Waals surface area contributed by atoms with E-state index >= 15 is 0 Å². The van der Waals surface area contributed by atoms with Gasteiger partial charge in [-0.3, -0.25) is 0 Å². The number of rotatable bonds is 3. The van der Waals surface area contributed by atoms with Gasteiger partial charge in [0, 0.05) is 31.2 Å². The van der Waals surface area contributed by atoms with Crippen molar-refractivity contribution >= 4 is 5.69 Å². The lowest BCUT2D eigenvalue weighted by molar-refractivity contribution is -0.138. The van der Waals surface area contributed by atoms with Crippen LogP contribution in [0.2, 0.25) is 0 Å². The topological polar surface area (TPSA) is 29.3 Å². The minimum atomic E-state index is -4.33. The Kier molecular flexibility index (Phi) is 3.29. The molecule has 0 aliphatic heterocycles. The second-order valence-corrected chi connectivity index (χ2v) is 5.57. The van der Waals surface area contributed by atoms with Crippen molar-refractivity contribution in [2.45, 2.75) is 37.4 Å². The predicted molar refractivity (Wildman–Crippen MR) is 70.3 cm³/mol. The molecule has 1 fully saturated rings. The standard InChI is InChI=1S/C14H19F3N2/c1-9(18)13(6-7-13)12-8-10(19(2)3)4-5-11(12)14(15,16)17/h4-5,8-9H,6-7,18H2,1-3H3. The van der Waals surface area contributed by atoms with E-state index in [4.69, 9.17) is 5.73 Å². The summed E-state index contributed by atoms with van der Waals surface area (Å²) >= 11 is 0. The van der Waals surface area contributed by atoms with Crippen LogP contribution in [0.3, 0.4) is 0 Å². The van der Waals surface area contributed by atoms with Crippen molar-refractivity contribution < 1.29 is 13.2 Å². The van der Waals surface area contributed by atoms with Gasteiger partial charge in [0.2, 0.25) is 0 Å². The molecule has 1 saturated carbocycles. The Hall–Kier alpha value is -1.23. The van der Waals surface area contributed by atoms with Crippen LogP contribution >= 0.6 is 0 Å². The fourth-order valence-corrected chi connectivity index (χ4v) is 2.57. The minimum Gasteiger partial charge on any atom is -0.378 e. The van der Waals surface area contributed by atoms with Gasteiger partial charge < -0.3 is 10.6 Å². The Morgan fingerprint density at radius 2 is 1.84 bits per heavy atom. The third-order valence-corrected chi connectivity index (χ3v) is 4.02. The van der Waals surface area contributed by atoms with E-state index in [1.807, 2.05) is 14.1 Å². The maximum Gasteiger partial charge on any atom is 0.416 e. The molecule has 2 nitrogen and oxygen atoms in total. The van der Waals surface area contributed by atoms with E-state index in [0.29, 0.717) is 5.56 Å². The molecule has 0 radical (unpaired) electrons. The van der Waals surface area contributed by atoms with Gasteiger partial charge in [0.05, 0.1) is 5.56 Å². The SMILES string of the molecule is CC(N)C1(c2cc(N(C)C)ccc2C(F)(F)F)CC1. The fourth-order valence-electron chi connectivity index (χ4n) is 2.57. The largest absolute Gasteiger partial charge is 0.416 e. The second kappa shape index (κ2) is 4.40. The van der Waals surface area contributed by atoms with E-state index in [1.54, 1.807) is 17.9 Å². The van der Waals surface area contributed by atoms with E-state index in [0.717, 1.165) is 18.5 Å². The van der Waals surface area contributed by atoms with Crippen molar-refractivity contribution in [1.29, 1.82) is 0 Å². The first kappa shape index (κ1) is 14.2. The molecule has 2 rings (SSSR count). The Morgan fingerprint density at radius 1 is 1.26 bits per heavy atom. The van der Waals surface area contributed by atoms with Crippen LogP contribution in [0.15, 0.2) is 18.2 Å². The molecule has 0 aromatic heterocycles. The van der Waals surface area contributed by atoms with Gasteiger partial charge in [0.25, 0.3) is 0 Å². The molecule has 0 bridgehead atoms. The highest BCUT2D eigenvalue weighted by Gasteiger charge is 2.51. The highest BCUT2D eigenvalue weighted by Crippen LogP contribution is 2.54. The van der Waals surface area contributed by atoms with E-state index in [-0.39, 0.29) is 6.04 Å². The Morgan fingerprint density at radius 3 is 2.21 bits per heavy atom. The van der Waals surface area contributed by atoms with Crippen LogP contribution < -0.4 is 10.6 Å². The number of nitrogens with two attached hydrogens (primary N) is 1. The van der Waals surface area contributed by atoms with Crippen LogP contribution in [0, 0.1) is 0 Å². The summed E-state index contributed by atoms with van der Waals surface area (Å²) in [6.07, 6.45) is -2.88. The number of nitrogens with zero attached hydrogens (tertiary/aromatic N) is 1. The highest BCUT2D eigenvalue weighted by atomic mass is 19.4. The third kappa shape index (κ3) is 2.43. The molecule has 0 amide bonds. The third-order valence-electron chi connectivity index (χ3n) is 4.02. The Balaban J connectivity index is 2.58. The number of halogens is 3. The van der Waals surface area contributed by atoms with Gasteiger partial charge >= 0.3 is 6.18 Å². The molecule has 1 unspecified atom stereocenters. The van der Waals surface area contributed by atoms with Crippen molar-refractivity contribution in [3.8, 4) is 0 Å². The average Bonchev–Trinajstić information content (AvgIpc) is 3.07. The van der Waals surface area contributed by atoms with E-state index in [2.05, 4.69) is 0 Å². The molecule has 0 saturated heterocycles. The smallest absolute Gasteiger partial charge is 0.378 e. The molecule has 0 heterocycles. The van der Waals surface area contributed by atoms with Crippen molar-refractivity contribution in [2.75, 3.05) is 19.0 Å². The minimum absolute atomic E-state index is 0.272. The number of benzene rings is 1.